The second-order valence-electron chi connectivity index (χ2n) is 5.40. The molecule has 2 heterocycles. The molecule has 0 spiro atoms. The van der Waals surface area contributed by atoms with Crippen molar-refractivity contribution < 1.29 is 9.59 Å². The highest BCUT2D eigenvalue weighted by Crippen LogP contribution is 2.34. The van der Waals surface area contributed by atoms with E-state index in [1.54, 1.807) is 16.2 Å². The molecule has 1 saturated heterocycles. The van der Waals surface area contributed by atoms with Crippen LogP contribution in [0.2, 0.25) is 5.02 Å². The number of thiophene rings is 1. The van der Waals surface area contributed by atoms with Crippen LogP contribution in [-0.4, -0.2) is 36.0 Å². The van der Waals surface area contributed by atoms with Gasteiger partial charge in [0.15, 0.2) is 0 Å². The van der Waals surface area contributed by atoms with Crippen molar-refractivity contribution in [2.75, 3.05) is 13.1 Å². The van der Waals surface area contributed by atoms with Crippen molar-refractivity contribution in [1.82, 2.24) is 15.5 Å². The highest BCUT2D eigenvalue weighted by Gasteiger charge is 2.31. The van der Waals surface area contributed by atoms with Gasteiger partial charge in [-0.1, -0.05) is 36.7 Å². The van der Waals surface area contributed by atoms with Crippen molar-refractivity contribution in [3.8, 4) is 0 Å². The van der Waals surface area contributed by atoms with Crippen LogP contribution in [0.1, 0.15) is 18.2 Å². The van der Waals surface area contributed by atoms with Gasteiger partial charge in [-0.3, -0.25) is 4.79 Å². The fourth-order valence-electron chi connectivity index (χ4n) is 2.80. The Hall–Kier alpha value is -1.79. The molecule has 1 aromatic heterocycles. The van der Waals surface area contributed by atoms with Gasteiger partial charge in [0.25, 0.3) is 0 Å². The Labute approximate surface area is 143 Å². The fourth-order valence-corrected chi connectivity index (χ4v) is 4.24. The molecule has 2 aromatic rings. The van der Waals surface area contributed by atoms with Crippen LogP contribution >= 0.6 is 22.9 Å². The van der Waals surface area contributed by atoms with Gasteiger partial charge in [0, 0.05) is 28.1 Å². The molecular formula is C16H18ClN3O2S. The summed E-state index contributed by atoms with van der Waals surface area (Å²) < 4.78 is 1.10. The Morgan fingerprint density at radius 3 is 3.00 bits per heavy atom. The van der Waals surface area contributed by atoms with Crippen LogP contribution < -0.4 is 10.6 Å². The van der Waals surface area contributed by atoms with E-state index in [1.807, 2.05) is 31.2 Å². The maximum Gasteiger partial charge on any atom is 0.318 e. The number of carbonyl (C=O) groups excluding carboxylic acids is 2. The molecule has 5 nitrogen and oxygen atoms in total. The van der Waals surface area contributed by atoms with Crippen molar-refractivity contribution in [3.05, 3.63) is 34.2 Å². The molecule has 0 aliphatic carbocycles. The molecule has 0 unspecified atom stereocenters. The zero-order valence-corrected chi connectivity index (χ0v) is 14.3. The molecule has 1 fully saturated rings. The first-order chi connectivity index (χ1) is 11.1. The lowest BCUT2D eigenvalue weighted by molar-refractivity contribution is -0.127. The lowest BCUT2D eigenvalue weighted by Gasteiger charge is -2.34. The third kappa shape index (κ3) is 3.14. The van der Waals surface area contributed by atoms with E-state index in [0.717, 1.165) is 15.0 Å². The Balaban J connectivity index is 1.70. The predicted octanol–water partition coefficient (Wildman–Crippen LogP) is 2.97. The summed E-state index contributed by atoms with van der Waals surface area (Å²) in [6, 6.07) is 7.28. The highest BCUT2D eigenvalue weighted by atomic mass is 35.5. The third-order valence-electron chi connectivity index (χ3n) is 3.98. The largest absolute Gasteiger partial charge is 0.353 e. The first-order valence-electron chi connectivity index (χ1n) is 7.60. The Kier molecular flexibility index (Phi) is 4.73. The lowest BCUT2D eigenvalue weighted by atomic mass is 10.1. The first-order valence-corrected chi connectivity index (χ1v) is 8.79. The minimum absolute atomic E-state index is 0.0891. The molecule has 0 saturated carbocycles. The van der Waals surface area contributed by atoms with E-state index in [1.165, 1.54) is 0 Å². The monoisotopic (exact) mass is 351 g/mol. The first kappa shape index (κ1) is 16.1. The number of hydrogen-bond donors (Lipinski definition) is 2. The SMILES string of the molecule is CC[C@@H]1C(=O)NCCN1C(=O)NCc1sc2ccccc2c1Cl. The Bertz CT molecular complexity index is 746. The molecule has 3 amide bonds. The lowest BCUT2D eigenvalue weighted by Crippen LogP contribution is -2.59. The number of nitrogens with zero attached hydrogens (tertiary/aromatic N) is 1. The molecule has 7 heteroatoms. The molecule has 1 aliphatic rings. The number of benzene rings is 1. The van der Waals surface area contributed by atoms with E-state index in [4.69, 9.17) is 11.6 Å². The molecule has 23 heavy (non-hydrogen) atoms. The Morgan fingerprint density at radius 1 is 1.48 bits per heavy atom. The fraction of sp³-hybridized carbons (Fsp3) is 0.375. The second-order valence-corrected chi connectivity index (χ2v) is 6.92. The Morgan fingerprint density at radius 2 is 2.26 bits per heavy atom. The molecule has 3 rings (SSSR count). The molecule has 0 radical (unpaired) electrons. The summed E-state index contributed by atoms with van der Waals surface area (Å²) in [5, 5.41) is 7.37. The van der Waals surface area contributed by atoms with E-state index in [0.29, 0.717) is 31.1 Å². The quantitative estimate of drug-likeness (QED) is 0.893. The summed E-state index contributed by atoms with van der Waals surface area (Å²) in [6.07, 6.45) is 0.600. The van der Waals surface area contributed by atoms with Crippen LogP contribution in [0, 0.1) is 0 Å². The van der Waals surface area contributed by atoms with Gasteiger partial charge >= 0.3 is 6.03 Å². The van der Waals surface area contributed by atoms with Gasteiger partial charge in [0.05, 0.1) is 11.6 Å². The molecule has 1 atom stereocenters. The van der Waals surface area contributed by atoms with Gasteiger partial charge < -0.3 is 15.5 Å². The van der Waals surface area contributed by atoms with Crippen LogP contribution in [0.25, 0.3) is 10.1 Å². The molecule has 122 valence electrons. The number of urea groups is 1. The topological polar surface area (TPSA) is 61.4 Å². The molecule has 2 N–H and O–H groups in total. The standard InChI is InChI=1S/C16H18ClN3O2S/c1-2-11-15(21)18-7-8-20(11)16(22)19-9-13-14(17)10-5-3-4-6-12(10)23-13/h3-6,11H,2,7-9H2,1H3,(H,18,21)(H,19,22)/t11-/m1/s1. The molecule has 1 aliphatic heterocycles. The number of nitrogens with one attached hydrogen (secondary N) is 2. The van der Waals surface area contributed by atoms with E-state index in [-0.39, 0.29) is 11.9 Å². The predicted molar refractivity (Wildman–Crippen MR) is 92.9 cm³/mol. The number of piperazine rings is 1. The number of carbonyl (C=O) groups is 2. The van der Waals surface area contributed by atoms with Crippen molar-refractivity contribution in [2.45, 2.75) is 25.9 Å². The summed E-state index contributed by atoms with van der Waals surface area (Å²) in [6.45, 7) is 3.28. The van der Waals surface area contributed by atoms with Gasteiger partial charge in [-0.2, -0.15) is 0 Å². The zero-order chi connectivity index (χ0) is 16.4. The van der Waals surface area contributed by atoms with Gasteiger partial charge in [0.2, 0.25) is 5.91 Å². The summed E-state index contributed by atoms with van der Waals surface area (Å²) in [5.74, 6) is -0.0891. The number of amides is 3. The minimum atomic E-state index is -0.401. The maximum absolute atomic E-state index is 12.4. The van der Waals surface area contributed by atoms with Gasteiger partial charge in [-0.05, 0) is 12.5 Å². The summed E-state index contributed by atoms with van der Waals surface area (Å²) in [4.78, 5) is 26.8. The van der Waals surface area contributed by atoms with Gasteiger partial charge in [-0.25, -0.2) is 4.79 Å². The highest BCUT2D eigenvalue weighted by molar-refractivity contribution is 7.19. The van der Waals surface area contributed by atoms with Crippen LogP contribution in [-0.2, 0) is 11.3 Å². The minimum Gasteiger partial charge on any atom is -0.353 e. The van der Waals surface area contributed by atoms with Crippen LogP contribution in [0.4, 0.5) is 4.79 Å². The van der Waals surface area contributed by atoms with Gasteiger partial charge in [0.1, 0.15) is 6.04 Å². The number of rotatable bonds is 3. The van der Waals surface area contributed by atoms with Gasteiger partial charge in [-0.15, -0.1) is 11.3 Å². The smallest absolute Gasteiger partial charge is 0.318 e. The average Bonchev–Trinajstić information content (AvgIpc) is 2.89. The van der Waals surface area contributed by atoms with Crippen molar-refractivity contribution in [2.24, 2.45) is 0 Å². The normalized spacial score (nSPS) is 18.1. The van der Waals surface area contributed by atoms with Crippen LogP contribution in [0.3, 0.4) is 0 Å². The molecular weight excluding hydrogens is 334 g/mol. The van der Waals surface area contributed by atoms with E-state index >= 15 is 0 Å². The summed E-state index contributed by atoms with van der Waals surface area (Å²) in [7, 11) is 0. The van der Waals surface area contributed by atoms with Crippen LogP contribution in [0.5, 0.6) is 0 Å². The summed E-state index contributed by atoms with van der Waals surface area (Å²) >= 11 is 7.96. The summed E-state index contributed by atoms with van der Waals surface area (Å²) in [5.41, 5.74) is 0. The molecule has 1 aromatic carbocycles. The van der Waals surface area contributed by atoms with E-state index < -0.39 is 6.04 Å². The maximum atomic E-state index is 12.4. The number of hydrogen-bond acceptors (Lipinski definition) is 3. The van der Waals surface area contributed by atoms with Crippen molar-refractivity contribution in [1.29, 1.82) is 0 Å². The van der Waals surface area contributed by atoms with E-state index in [2.05, 4.69) is 10.6 Å². The number of fused-ring (bicyclic) bond motifs is 1. The zero-order valence-electron chi connectivity index (χ0n) is 12.8. The second kappa shape index (κ2) is 6.76. The average molecular weight is 352 g/mol. The van der Waals surface area contributed by atoms with Crippen molar-refractivity contribution in [3.63, 3.8) is 0 Å². The third-order valence-corrected chi connectivity index (χ3v) is 5.69. The van der Waals surface area contributed by atoms with E-state index in [9.17, 15) is 9.59 Å². The van der Waals surface area contributed by atoms with Crippen molar-refractivity contribution >= 4 is 45.0 Å². The number of halogens is 1. The molecule has 0 bridgehead atoms. The van der Waals surface area contributed by atoms with Crippen LogP contribution in [0.15, 0.2) is 24.3 Å².